The van der Waals surface area contributed by atoms with Crippen LogP contribution < -0.4 is 5.32 Å². The second-order valence-electron chi connectivity index (χ2n) is 3.89. The Morgan fingerprint density at radius 1 is 1.21 bits per heavy atom. The third-order valence-corrected chi connectivity index (χ3v) is 2.93. The number of anilines is 1. The van der Waals surface area contributed by atoms with E-state index in [1.807, 2.05) is 0 Å². The van der Waals surface area contributed by atoms with Crippen molar-refractivity contribution < 1.29 is 9.31 Å². The Morgan fingerprint density at radius 2 is 1.89 bits per heavy atom. The summed E-state index contributed by atoms with van der Waals surface area (Å²) >= 11 is 5.96. The smallest absolute Gasteiger partial charge is 0.270 e. The number of benzene rings is 2. The Labute approximate surface area is 114 Å². The molecule has 0 radical (unpaired) electrons. The standard InChI is InChI=1S/C13H10ClFN2O2/c14-13-7-12(17(18)19)6-1-9(13)8-16-11-4-2-10(15)3-5-11/h1-7,16H,8H2. The minimum absolute atomic E-state index is 0.0458. The molecule has 0 aromatic heterocycles. The van der Waals surface area contributed by atoms with Crippen LogP contribution in [0.4, 0.5) is 15.8 Å². The molecule has 19 heavy (non-hydrogen) atoms. The van der Waals surface area contributed by atoms with E-state index < -0.39 is 4.92 Å². The van der Waals surface area contributed by atoms with Crippen LogP contribution in [0.25, 0.3) is 0 Å². The lowest BCUT2D eigenvalue weighted by molar-refractivity contribution is -0.384. The van der Waals surface area contributed by atoms with Crippen molar-refractivity contribution >= 4 is 23.0 Å². The van der Waals surface area contributed by atoms with Crippen LogP contribution in [0, 0.1) is 15.9 Å². The van der Waals surface area contributed by atoms with Crippen molar-refractivity contribution in [3.8, 4) is 0 Å². The first kappa shape index (κ1) is 13.3. The number of nitrogens with one attached hydrogen (secondary N) is 1. The molecule has 2 aromatic carbocycles. The first-order valence-electron chi connectivity index (χ1n) is 5.48. The van der Waals surface area contributed by atoms with Crippen molar-refractivity contribution in [1.29, 1.82) is 0 Å². The predicted octanol–water partition coefficient (Wildman–Crippen LogP) is 4.00. The molecule has 0 heterocycles. The fourth-order valence-electron chi connectivity index (χ4n) is 1.56. The Bertz CT molecular complexity index is 602. The van der Waals surface area contributed by atoms with Crippen molar-refractivity contribution in [2.45, 2.75) is 6.54 Å². The lowest BCUT2D eigenvalue weighted by atomic mass is 10.2. The van der Waals surface area contributed by atoms with E-state index in [1.165, 1.54) is 24.3 Å². The summed E-state index contributed by atoms with van der Waals surface area (Å²) in [4.78, 5) is 10.1. The molecule has 0 amide bonds. The molecule has 0 saturated carbocycles. The highest BCUT2D eigenvalue weighted by molar-refractivity contribution is 6.31. The van der Waals surface area contributed by atoms with Crippen molar-refractivity contribution in [3.63, 3.8) is 0 Å². The molecule has 0 aliphatic carbocycles. The van der Waals surface area contributed by atoms with Gasteiger partial charge in [0.15, 0.2) is 0 Å². The summed E-state index contributed by atoms with van der Waals surface area (Å²) in [6.07, 6.45) is 0. The van der Waals surface area contributed by atoms with E-state index in [0.717, 1.165) is 11.3 Å². The van der Waals surface area contributed by atoms with Crippen molar-refractivity contribution in [3.05, 3.63) is 69.0 Å². The number of hydrogen-bond donors (Lipinski definition) is 1. The molecule has 0 fully saturated rings. The van der Waals surface area contributed by atoms with Gasteiger partial charge in [-0.2, -0.15) is 0 Å². The fourth-order valence-corrected chi connectivity index (χ4v) is 1.80. The van der Waals surface area contributed by atoms with Crippen LogP contribution in [0.5, 0.6) is 0 Å². The molecule has 0 aliphatic rings. The Morgan fingerprint density at radius 3 is 2.47 bits per heavy atom. The molecule has 2 rings (SSSR count). The van der Waals surface area contributed by atoms with E-state index >= 15 is 0 Å². The minimum atomic E-state index is -0.497. The second-order valence-corrected chi connectivity index (χ2v) is 4.30. The van der Waals surface area contributed by atoms with Crippen molar-refractivity contribution in [1.82, 2.24) is 0 Å². The summed E-state index contributed by atoms with van der Waals surface area (Å²) in [5.74, 6) is -0.307. The van der Waals surface area contributed by atoms with E-state index in [1.54, 1.807) is 18.2 Å². The van der Waals surface area contributed by atoms with Gasteiger partial charge in [0.1, 0.15) is 5.82 Å². The lowest BCUT2D eigenvalue weighted by Gasteiger charge is -2.08. The number of nitro benzene ring substituents is 1. The molecule has 0 aliphatic heterocycles. The maximum atomic E-state index is 12.7. The molecule has 0 atom stereocenters. The molecule has 1 N–H and O–H groups in total. The normalized spacial score (nSPS) is 10.2. The average molecular weight is 281 g/mol. The third kappa shape index (κ3) is 3.42. The Hall–Kier alpha value is -2.14. The summed E-state index contributed by atoms with van der Waals surface area (Å²) in [5.41, 5.74) is 1.43. The number of non-ortho nitro benzene ring substituents is 1. The third-order valence-electron chi connectivity index (χ3n) is 2.57. The number of hydrogen-bond acceptors (Lipinski definition) is 3. The lowest BCUT2D eigenvalue weighted by Crippen LogP contribution is -2.00. The highest BCUT2D eigenvalue weighted by Gasteiger charge is 2.09. The molecule has 4 nitrogen and oxygen atoms in total. The first-order chi connectivity index (χ1) is 9.06. The van der Waals surface area contributed by atoms with Gasteiger partial charge in [-0.25, -0.2) is 4.39 Å². The van der Waals surface area contributed by atoms with Gasteiger partial charge in [0.25, 0.3) is 5.69 Å². The zero-order valence-corrected chi connectivity index (χ0v) is 10.5. The summed E-state index contributed by atoms with van der Waals surface area (Å²) in [7, 11) is 0. The van der Waals surface area contributed by atoms with Gasteiger partial charge in [0.2, 0.25) is 0 Å². The summed E-state index contributed by atoms with van der Waals surface area (Å²) in [6.45, 7) is 0.405. The molecule has 0 spiro atoms. The molecule has 0 unspecified atom stereocenters. The quantitative estimate of drug-likeness (QED) is 0.680. The van der Waals surface area contributed by atoms with E-state index in [0.29, 0.717) is 11.6 Å². The van der Waals surface area contributed by atoms with Gasteiger partial charge in [-0.05, 0) is 35.9 Å². The zero-order valence-electron chi connectivity index (χ0n) is 9.77. The predicted molar refractivity (Wildman–Crippen MR) is 71.8 cm³/mol. The van der Waals surface area contributed by atoms with Gasteiger partial charge < -0.3 is 5.32 Å². The summed E-state index contributed by atoms with van der Waals surface area (Å²) < 4.78 is 12.7. The first-order valence-corrected chi connectivity index (χ1v) is 5.86. The van der Waals surface area contributed by atoms with Crippen LogP contribution in [0.1, 0.15) is 5.56 Å². The molecule has 0 bridgehead atoms. The molecular weight excluding hydrogens is 271 g/mol. The average Bonchev–Trinajstić information content (AvgIpc) is 2.39. The fraction of sp³-hybridized carbons (Fsp3) is 0.0769. The summed E-state index contributed by atoms with van der Waals surface area (Å²) in [6, 6.07) is 10.2. The maximum Gasteiger partial charge on any atom is 0.270 e. The van der Waals surface area contributed by atoms with Crippen LogP contribution in [0.15, 0.2) is 42.5 Å². The summed E-state index contributed by atoms with van der Waals surface area (Å²) in [5, 5.41) is 14.0. The van der Waals surface area contributed by atoms with Crippen LogP contribution in [0.3, 0.4) is 0 Å². The van der Waals surface area contributed by atoms with Crippen molar-refractivity contribution in [2.75, 3.05) is 5.32 Å². The highest BCUT2D eigenvalue weighted by atomic mass is 35.5. The van der Waals surface area contributed by atoms with Gasteiger partial charge in [-0.1, -0.05) is 11.6 Å². The molecule has 2 aromatic rings. The van der Waals surface area contributed by atoms with Gasteiger partial charge in [0, 0.05) is 24.4 Å². The SMILES string of the molecule is O=[N+]([O-])c1ccc(CNc2ccc(F)cc2)c(Cl)c1. The van der Waals surface area contributed by atoms with Gasteiger partial charge in [-0.3, -0.25) is 10.1 Å². The molecule has 98 valence electrons. The minimum Gasteiger partial charge on any atom is -0.381 e. The maximum absolute atomic E-state index is 12.7. The topological polar surface area (TPSA) is 55.2 Å². The number of nitro groups is 1. The van der Waals surface area contributed by atoms with Crippen LogP contribution in [-0.2, 0) is 6.54 Å². The van der Waals surface area contributed by atoms with E-state index in [9.17, 15) is 14.5 Å². The zero-order chi connectivity index (χ0) is 13.8. The Kier molecular flexibility index (Phi) is 3.97. The number of halogens is 2. The van der Waals surface area contributed by atoms with E-state index in [4.69, 9.17) is 11.6 Å². The monoisotopic (exact) mass is 280 g/mol. The number of nitrogens with zero attached hydrogens (tertiary/aromatic N) is 1. The molecule has 0 saturated heterocycles. The van der Waals surface area contributed by atoms with Crippen LogP contribution in [-0.4, -0.2) is 4.92 Å². The number of rotatable bonds is 4. The van der Waals surface area contributed by atoms with Gasteiger partial charge in [0.05, 0.1) is 9.95 Å². The van der Waals surface area contributed by atoms with Crippen LogP contribution >= 0.6 is 11.6 Å². The van der Waals surface area contributed by atoms with E-state index in [-0.39, 0.29) is 11.5 Å². The molecule has 6 heteroatoms. The van der Waals surface area contributed by atoms with Crippen LogP contribution in [0.2, 0.25) is 5.02 Å². The highest BCUT2D eigenvalue weighted by Crippen LogP contribution is 2.23. The largest absolute Gasteiger partial charge is 0.381 e. The van der Waals surface area contributed by atoms with E-state index in [2.05, 4.69) is 5.32 Å². The van der Waals surface area contributed by atoms with Gasteiger partial charge in [-0.15, -0.1) is 0 Å². The Balaban J connectivity index is 2.07. The van der Waals surface area contributed by atoms with Crippen molar-refractivity contribution in [2.24, 2.45) is 0 Å². The molecular formula is C13H10ClFN2O2. The van der Waals surface area contributed by atoms with Gasteiger partial charge >= 0.3 is 0 Å². The second kappa shape index (κ2) is 5.67.